The van der Waals surface area contributed by atoms with Gasteiger partial charge in [0.15, 0.2) is 0 Å². The molecule has 1 N–H and O–H groups in total. The highest BCUT2D eigenvalue weighted by molar-refractivity contribution is 6.76. The van der Waals surface area contributed by atoms with Crippen molar-refractivity contribution in [3.05, 3.63) is 66.0 Å². The van der Waals surface area contributed by atoms with Gasteiger partial charge in [-0.05, 0) is 54.8 Å². The van der Waals surface area contributed by atoms with Crippen LogP contribution < -0.4 is 0 Å². The molecule has 2 aromatic carbocycles. The van der Waals surface area contributed by atoms with Crippen molar-refractivity contribution in [1.29, 1.82) is 0 Å². The van der Waals surface area contributed by atoms with Crippen molar-refractivity contribution in [1.82, 2.24) is 14.5 Å². The molecule has 182 valence electrons. The first kappa shape index (κ1) is 23.7. The third-order valence-electron chi connectivity index (χ3n) is 7.82. The molecule has 2 aliphatic heterocycles. The lowest BCUT2D eigenvalue weighted by atomic mass is 9.68. The van der Waals surface area contributed by atoms with Gasteiger partial charge in [-0.15, -0.1) is 0 Å². The summed E-state index contributed by atoms with van der Waals surface area (Å²) in [4.78, 5) is 7.48. The van der Waals surface area contributed by atoms with Crippen LogP contribution in [0.5, 0.6) is 0 Å². The van der Waals surface area contributed by atoms with Crippen molar-refractivity contribution in [2.24, 2.45) is 11.8 Å². The number of para-hydroxylation sites is 2. The minimum Gasteiger partial charge on any atom is -0.391 e. The lowest BCUT2D eigenvalue weighted by Gasteiger charge is -2.52. The molecule has 4 unspecified atom stereocenters. The van der Waals surface area contributed by atoms with E-state index >= 15 is 0 Å². The summed E-state index contributed by atoms with van der Waals surface area (Å²) in [5.74, 6) is 1.93. The van der Waals surface area contributed by atoms with Gasteiger partial charge in [-0.3, -0.25) is 4.90 Å². The Kier molecular flexibility index (Phi) is 6.94. The number of imidazole rings is 1. The van der Waals surface area contributed by atoms with Crippen LogP contribution in [0.3, 0.4) is 0 Å². The number of aliphatic hydroxyl groups excluding tert-OH is 1. The van der Waals surface area contributed by atoms with Gasteiger partial charge in [0, 0.05) is 27.3 Å². The zero-order valence-corrected chi connectivity index (χ0v) is 21.9. The van der Waals surface area contributed by atoms with Crippen LogP contribution in [0.4, 0.5) is 0 Å². The smallest absolute Gasteiger partial charge is 0.126 e. The van der Waals surface area contributed by atoms with Gasteiger partial charge in [0.05, 0.1) is 23.7 Å². The molecule has 5 nitrogen and oxygen atoms in total. The second-order valence-corrected chi connectivity index (χ2v) is 17.1. The van der Waals surface area contributed by atoms with Gasteiger partial charge < -0.3 is 14.4 Å². The van der Waals surface area contributed by atoms with Crippen molar-refractivity contribution in [3.8, 4) is 0 Å². The lowest BCUT2D eigenvalue weighted by molar-refractivity contribution is -0.104. The molecule has 0 amide bonds. The molecule has 4 atom stereocenters. The molecule has 2 bridgehead atoms. The first-order valence-electron chi connectivity index (χ1n) is 12.9. The number of nitrogens with zero attached hydrogens (tertiary/aromatic N) is 3. The standard InChI is InChI=1S/C28H39N3O2Si/c1-34(2,3)16-15-33-20-31-25-12-8-7-11-24(25)29-27(31)19-30-18-22-13-14-26(30)28(32)23(22)17-21-9-5-4-6-10-21/h4-12,22-23,26,28,32H,13-20H2,1-3H3. The van der Waals surface area contributed by atoms with Crippen molar-refractivity contribution >= 4 is 19.1 Å². The zero-order chi connectivity index (χ0) is 23.7. The number of hydrogen-bond acceptors (Lipinski definition) is 4. The van der Waals surface area contributed by atoms with Crippen LogP contribution in [-0.4, -0.2) is 52.9 Å². The van der Waals surface area contributed by atoms with Gasteiger partial charge in [-0.25, -0.2) is 4.98 Å². The molecule has 0 radical (unpaired) electrons. The predicted molar refractivity (Wildman–Crippen MR) is 140 cm³/mol. The van der Waals surface area contributed by atoms with E-state index < -0.39 is 8.07 Å². The van der Waals surface area contributed by atoms with Gasteiger partial charge in [0.1, 0.15) is 12.6 Å². The molecule has 1 aromatic heterocycles. The average Bonchev–Trinajstić information content (AvgIpc) is 3.16. The second kappa shape index (κ2) is 9.94. The Morgan fingerprint density at radius 1 is 1.03 bits per heavy atom. The minimum atomic E-state index is -1.12. The molecular weight excluding hydrogens is 438 g/mol. The summed E-state index contributed by atoms with van der Waals surface area (Å²) in [5.41, 5.74) is 3.49. The quantitative estimate of drug-likeness (QED) is 0.342. The molecule has 6 heteroatoms. The number of fused-ring (bicyclic) bond motifs is 4. The Morgan fingerprint density at radius 3 is 2.56 bits per heavy atom. The van der Waals surface area contributed by atoms with Crippen LogP contribution in [0.25, 0.3) is 11.0 Å². The monoisotopic (exact) mass is 477 g/mol. The summed E-state index contributed by atoms with van der Waals surface area (Å²) in [6, 6.07) is 20.4. The summed E-state index contributed by atoms with van der Waals surface area (Å²) in [6.45, 7) is 10.3. The van der Waals surface area contributed by atoms with E-state index in [2.05, 4.69) is 83.7 Å². The molecule has 1 saturated carbocycles. The fourth-order valence-corrected chi connectivity index (χ4v) is 6.61. The molecule has 3 aliphatic rings. The van der Waals surface area contributed by atoms with Gasteiger partial charge in [-0.1, -0.05) is 62.1 Å². The average molecular weight is 478 g/mol. The van der Waals surface area contributed by atoms with Crippen molar-refractivity contribution in [2.45, 2.75) is 70.4 Å². The van der Waals surface area contributed by atoms with Crippen LogP contribution in [0.2, 0.25) is 25.7 Å². The fourth-order valence-electron chi connectivity index (χ4n) is 5.86. The van der Waals surface area contributed by atoms with Gasteiger partial charge in [-0.2, -0.15) is 0 Å². The largest absolute Gasteiger partial charge is 0.391 e. The maximum absolute atomic E-state index is 11.3. The van der Waals surface area contributed by atoms with E-state index in [0.29, 0.717) is 18.6 Å². The van der Waals surface area contributed by atoms with E-state index in [4.69, 9.17) is 9.72 Å². The summed E-state index contributed by atoms with van der Waals surface area (Å²) >= 11 is 0. The Balaban J connectivity index is 1.31. The minimum absolute atomic E-state index is 0.208. The summed E-state index contributed by atoms with van der Waals surface area (Å²) in [7, 11) is -1.12. The maximum atomic E-state index is 11.3. The Morgan fingerprint density at radius 2 is 1.79 bits per heavy atom. The molecule has 3 fully saturated rings. The van der Waals surface area contributed by atoms with E-state index in [1.807, 2.05) is 0 Å². The van der Waals surface area contributed by atoms with E-state index in [-0.39, 0.29) is 12.1 Å². The third kappa shape index (κ3) is 5.15. The number of rotatable bonds is 9. The first-order valence-corrected chi connectivity index (χ1v) is 16.6. The molecule has 0 spiro atoms. The van der Waals surface area contributed by atoms with E-state index in [1.54, 1.807) is 0 Å². The van der Waals surface area contributed by atoms with Gasteiger partial charge in [0.25, 0.3) is 0 Å². The first-order chi connectivity index (χ1) is 16.4. The van der Waals surface area contributed by atoms with Gasteiger partial charge in [0.2, 0.25) is 0 Å². The second-order valence-electron chi connectivity index (χ2n) is 11.5. The Labute approximate surface area is 204 Å². The summed E-state index contributed by atoms with van der Waals surface area (Å²) < 4.78 is 8.39. The number of piperidine rings is 2. The topological polar surface area (TPSA) is 50.5 Å². The number of aliphatic hydroxyl groups is 1. The molecule has 3 aromatic rings. The molecule has 34 heavy (non-hydrogen) atoms. The van der Waals surface area contributed by atoms with Crippen molar-refractivity contribution < 1.29 is 9.84 Å². The van der Waals surface area contributed by atoms with Gasteiger partial charge >= 0.3 is 0 Å². The van der Waals surface area contributed by atoms with Crippen molar-refractivity contribution in [3.63, 3.8) is 0 Å². The van der Waals surface area contributed by atoms with E-state index in [0.717, 1.165) is 49.4 Å². The number of aromatic nitrogens is 2. The number of hydrogen-bond donors (Lipinski definition) is 1. The van der Waals surface area contributed by atoms with Crippen LogP contribution in [0.1, 0.15) is 24.2 Å². The Hall–Kier alpha value is -1.99. The van der Waals surface area contributed by atoms with Crippen molar-refractivity contribution in [2.75, 3.05) is 13.2 Å². The number of ether oxygens (including phenoxy) is 1. The SMILES string of the molecule is C[Si](C)(C)CCOCn1c(CN2CC3CCC2C(O)C3Cc2ccccc2)nc2ccccc21. The van der Waals surface area contributed by atoms with Crippen LogP contribution in [0, 0.1) is 11.8 Å². The lowest BCUT2D eigenvalue weighted by Crippen LogP contribution is -2.60. The van der Waals surface area contributed by atoms with Crippen LogP contribution >= 0.6 is 0 Å². The molecular formula is C28H39N3O2Si. The summed E-state index contributed by atoms with van der Waals surface area (Å²) in [5, 5.41) is 11.3. The highest BCUT2D eigenvalue weighted by atomic mass is 28.3. The fraction of sp³-hybridized carbons (Fsp3) is 0.536. The molecule has 3 heterocycles. The normalized spacial score (nSPS) is 25.3. The van der Waals surface area contributed by atoms with E-state index in [1.165, 1.54) is 18.0 Å². The van der Waals surface area contributed by atoms with Crippen LogP contribution in [0.15, 0.2) is 54.6 Å². The maximum Gasteiger partial charge on any atom is 0.126 e. The Bertz CT molecular complexity index is 1090. The summed E-state index contributed by atoms with van der Waals surface area (Å²) in [6.07, 6.45) is 2.98. The third-order valence-corrected chi connectivity index (χ3v) is 9.52. The molecule has 2 saturated heterocycles. The molecule has 1 aliphatic carbocycles. The molecule has 6 rings (SSSR count). The van der Waals surface area contributed by atoms with E-state index in [9.17, 15) is 5.11 Å². The van der Waals surface area contributed by atoms with Crippen LogP contribution in [-0.2, 0) is 24.4 Å². The number of benzene rings is 2. The predicted octanol–water partition coefficient (Wildman–Crippen LogP) is 5.16. The zero-order valence-electron chi connectivity index (χ0n) is 20.9. The highest BCUT2D eigenvalue weighted by Crippen LogP contribution is 2.41. The highest BCUT2D eigenvalue weighted by Gasteiger charge is 2.46.